The Labute approximate surface area is 187 Å². The zero-order valence-electron chi connectivity index (χ0n) is 18.6. The number of aliphatic hydroxyl groups is 1. The van der Waals surface area contributed by atoms with Crippen LogP contribution in [0.15, 0.2) is 6.33 Å². The summed E-state index contributed by atoms with van der Waals surface area (Å²) in [5, 5.41) is 13.4. The van der Waals surface area contributed by atoms with Crippen molar-refractivity contribution in [1.29, 1.82) is 0 Å². The summed E-state index contributed by atoms with van der Waals surface area (Å²) in [7, 11) is 0. The van der Waals surface area contributed by atoms with Gasteiger partial charge in [0.05, 0.1) is 5.39 Å². The van der Waals surface area contributed by atoms with Crippen LogP contribution < -0.4 is 10.1 Å². The molecule has 0 aromatic carbocycles. The largest absolute Gasteiger partial charge is 0.474 e. The number of thiophene rings is 1. The molecule has 0 bridgehead atoms. The number of nitrogens with one attached hydrogen (secondary N) is 1. The molecule has 2 N–H and O–H groups in total. The SMILES string of the molecule is CC(C)(C)OC(=O)NC1CCC(Oc2ncnc3sc4c(c23)C[C@@H](CCO)CC4)CC1. The van der Waals surface area contributed by atoms with Gasteiger partial charge in [0.2, 0.25) is 5.88 Å². The van der Waals surface area contributed by atoms with Crippen molar-refractivity contribution in [3.8, 4) is 5.88 Å². The maximum atomic E-state index is 12.0. The second-order valence-corrected chi connectivity index (χ2v) is 10.8. The minimum Gasteiger partial charge on any atom is -0.474 e. The van der Waals surface area contributed by atoms with E-state index in [0.29, 0.717) is 11.8 Å². The number of nitrogens with zero attached hydrogens (tertiary/aromatic N) is 2. The number of carbonyl (C=O) groups is 1. The lowest BCUT2D eigenvalue weighted by molar-refractivity contribution is 0.0470. The Balaban J connectivity index is 1.40. The van der Waals surface area contributed by atoms with Gasteiger partial charge in [0.25, 0.3) is 0 Å². The van der Waals surface area contributed by atoms with E-state index in [-0.39, 0.29) is 24.8 Å². The highest BCUT2D eigenvalue weighted by atomic mass is 32.1. The fraction of sp³-hybridized carbons (Fsp3) is 0.696. The van der Waals surface area contributed by atoms with Gasteiger partial charge in [-0.15, -0.1) is 11.3 Å². The maximum Gasteiger partial charge on any atom is 0.407 e. The minimum absolute atomic E-state index is 0.0853. The van der Waals surface area contributed by atoms with E-state index in [0.717, 1.165) is 61.6 Å². The first kappa shape index (κ1) is 22.3. The van der Waals surface area contributed by atoms with Gasteiger partial charge in [0, 0.05) is 17.5 Å². The zero-order chi connectivity index (χ0) is 22.0. The number of carbonyl (C=O) groups excluding carboxylic acids is 1. The van der Waals surface area contributed by atoms with Gasteiger partial charge in [-0.3, -0.25) is 0 Å². The van der Waals surface area contributed by atoms with Gasteiger partial charge in [0.15, 0.2) is 0 Å². The van der Waals surface area contributed by atoms with Crippen molar-refractivity contribution in [3.05, 3.63) is 16.8 Å². The lowest BCUT2D eigenvalue weighted by Gasteiger charge is -2.30. The Morgan fingerprint density at radius 2 is 2.00 bits per heavy atom. The van der Waals surface area contributed by atoms with Crippen molar-refractivity contribution < 1.29 is 19.4 Å². The smallest absolute Gasteiger partial charge is 0.407 e. The number of fused-ring (bicyclic) bond motifs is 3. The molecule has 2 aliphatic rings. The molecule has 170 valence electrons. The summed E-state index contributed by atoms with van der Waals surface area (Å²) in [6.45, 7) is 5.85. The summed E-state index contributed by atoms with van der Waals surface area (Å²) in [4.78, 5) is 23.4. The van der Waals surface area contributed by atoms with Gasteiger partial charge in [-0.25, -0.2) is 14.8 Å². The van der Waals surface area contributed by atoms with Crippen molar-refractivity contribution in [2.45, 2.75) is 89.9 Å². The van der Waals surface area contributed by atoms with E-state index in [9.17, 15) is 9.90 Å². The lowest BCUT2D eigenvalue weighted by Crippen LogP contribution is -2.42. The van der Waals surface area contributed by atoms with Crippen LogP contribution >= 0.6 is 11.3 Å². The average molecular weight is 448 g/mol. The summed E-state index contributed by atoms with van der Waals surface area (Å²) in [6, 6.07) is 0.119. The summed E-state index contributed by atoms with van der Waals surface area (Å²) in [5.74, 6) is 1.20. The molecule has 2 aromatic rings. The van der Waals surface area contributed by atoms with E-state index in [1.165, 1.54) is 10.4 Å². The Kier molecular flexibility index (Phi) is 6.67. The predicted molar refractivity (Wildman–Crippen MR) is 121 cm³/mol. The summed E-state index contributed by atoms with van der Waals surface area (Å²) in [6.07, 6.45) is 8.76. The Morgan fingerprint density at radius 1 is 1.23 bits per heavy atom. The van der Waals surface area contributed by atoms with Crippen LogP contribution in [-0.4, -0.2) is 45.5 Å². The van der Waals surface area contributed by atoms with Gasteiger partial charge in [0.1, 0.15) is 22.9 Å². The minimum atomic E-state index is -0.487. The van der Waals surface area contributed by atoms with Crippen LogP contribution in [0, 0.1) is 5.92 Å². The molecule has 1 atom stereocenters. The third-order valence-corrected chi connectivity index (χ3v) is 7.32. The summed E-state index contributed by atoms with van der Waals surface area (Å²) >= 11 is 1.75. The lowest BCUT2D eigenvalue weighted by atomic mass is 9.85. The van der Waals surface area contributed by atoms with Crippen molar-refractivity contribution in [1.82, 2.24) is 15.3 Å². The predicted octanol–water partition coefficient (Wildman–Crippen LogP) is 4.39. The monoisotopic (exact) mass is 447 g/mol. The van der Waals surface area contributed by atoms with E-state index >= 15 is 0 Å². The van der Waals surface area contributed by atoms with E-state index in [1.807, 2.05) is 20.8 Å². The Morgan fingerprint density at radius 3 is 2.71 bits per heavy atom. The molecule has 2 heterocycles. The molecule has 1 saturated carbocycles. The van der Waals surface area contributed by atoms with Gasteiger partial charge in [-0.05, 0) is 83.6 Å². The molecule has 31 heavy (non-hydrogen) atoms. The molecule has 0 saturated heterocycles. The van der Waals surface area contributed by atoms with Crippen LogP contribution in [0.4, 0.5) is 4.79 Å². The fourth-order valence-corrected chi connectivity index (χ4v) is 5.80. The van der Waals surface area contributed by atoms with E-state index in [1.54, 1.807) is 17.7 Å². The first-order valence-corrected chi connectivity index (χ1v) is 12.2. The van der Waals surface area contributed by atoms with Crippen molar-refractivity contribution >= 4 is 27.6 Å². The molecule has 0 radical (unpaired) electrons. The van der Waals surface area contributed by atoms with Crippen LogP contribution in [-0.2, 0) is 17.6 Å². The highest BCUT2D eigenvalue weighted by Crippen LogP contribution is 2.41. The van der Waals surface area contributed by atoms with Crippen molar-refractivity contribution in [2.24, 2.45) is 5.92 Å². The van der Waals surface area contributed by atoms with Crippen LogP contribution in [0.2, 0.25) is 0 Å². The first-order valence-electron chi connectivity index (χ1n) is 11.3. The Bertz CT molecular complexity index is 915. The van der Waals surface area contributed by atoms with Crippen LogP contribution in [0.3, 0.4) is 0 Å². The van der Waals surface area contributed by atoms with Crippen LogP contribution in [0.25, 0.3) is 10.2 Å². The van der Waals surface area contributed by atoms with E-state index < -0.39 is 5.60 Å². The van der Waals surface area contributed by atoms with Crippen molar-refractivity contribution in [2.75, 3.05) is 6.61 Å². The van der Waals surface area contributed by atoms with Gasteiger partial charge in [-0.1, -0.05) is 0 Å². The fourth-order valence-electron chi connectivity index (χ4n) is 4.63. The number of hydrogen-bond donors (Lipinski definition) is 2. The standard InChI is InChI=1S/C23H33N3O4S/c1-23(2,3)30-22(28)26-15-5-7-16(8-6-15)29-20-19-17-12-14(10-11-27)4-9-18(17)31-21(19)25-13-24-20/h13-16,27H,4-12H2,1-3H3,(H,26,28)/t14-,15?,16?/m1/s1. The first-order chi connectivity index (χ1) is 14.8. The molecule has 2 aliphatic carbocycles. The van der Waals surface area contributed by atoms with Gasteiger partial charge >= 0.3 is 6.09 Å². The van der Waals surface area contributed by atoms with E-state index in [4.69, 9.17) is 9.47 Å². The molecular formula is C23H33N3O4S. The quantitative estimate of drug-likeness (QED) is 0.706. The number of aryl methyl sites for hydroxylation is 1. The van der Waals surface area contributed by atoms with E-state index in [2.05, 4.69) is 15.3 Å². The third-order valence-electron chi connectivity index (χ3n) is 6.12. The number of hydrogen-bond acceptors (Lipinski definition) is 7. The molecule has 0 aliphatic heterocycles. The van der Waals surface area contributed by atoms with Gasteiger partial charge in [-0.2, -0.15) is 0 Å². The number of aromatic nitrogens is 2. The molecule has 2 aromatic heterocycles. The summed E-state index contributed by atoms with van der Waals surface area (Å²) in [5.41, 5.74) is 0.833. The Hall–Kier alpha value is -1.93. The molecule has 0 unspecified atom stereocenters. The molecule has 7 nitrogen and oxygen atoms in total. The average Bonchev–Trinajstić information content (AvgIpc) is 3.07. The molecule has 4 rings (SSSR count). The van der Waals surface area contributed by atoms with Crippen LogP contribution in [0.1, 0.15) is 69.7 Å². The number of aliphatic hydroxyl groups excluding tert-OH is 1. The number of rotatable bonds is 5. The molecule has 0 spiro atoms. The summed E-state index contributed by atoms with van der Waals surface area (Å²) < 4.78 is 11.8. The van der Waals surface area contributed by atoms with Crippen LogP contribution in [0.5, 0.6) is 5.88 Å². The normalized spacial score (nSPS) is 23.9. The highest BCUT2D eigenvalue weighted by Gasteiger charge is 2.29. The highest BCUT2D eigenvalue weighted by molar-refractivity contribution is 7.18. The topological polar surface area (TPSA) is 93.6 Å². The zero-order valence-corrected chi connectivity index (χ0v) is 19.5. The van der Waals surface area contributed by atoms with Gasteiger partial charge < -0.3 is 19.9 Å². The number of ether oxygens (including phenoxy) is 2. The van der Waals surface area contributed by atoms with Crippen molar-refractivity contribution in [3.63, 3.8) is 0 Å². The number of alkyl carbamates (subject to hydrolysis) is 1. The third kappa shape index (κ3) is 5.47. The molecule has 8 heteroatoms. The molecular weight excluding hydrogens is 414 g/mol. The maximum absolute atomic E-state index is 12.0. The number of amides is 1. The second kappa shape index (κ2) is 9.28. The second-order valence-electron chi connectivity index (χ2n) is 9.72. The molecule has 1 fully saturated rings. The molecule has 1 amide bonds.